The average molecular weight is 535 g/mol. The zero-order valence-electron chi connectivity index (χ0n) is 21.0. The zero-order chi connectivity index (χ0) is 27.0. The first kappa shape index (κ1) is 25.5. The summed E-state index contributed by atoms with van der Waals surface area (Å²) in [7, 11) is -3.87. The number of piperazine rings is 1. The van der Waals surface area contributed by atoms with Gasteiger partial charge in [0.05, 0.1) is 16.0 Å². The minimum Gasteiger partial charge on any atom is -0.478 e. The van der Waals surface area contributed by atoms with Crippen molar-refractivity contribution >= 4 is 44.1 Å². The van der Waals surface area contributed by atoms with E-state index in [0.29, 0.717) is 48.5 Å². The molecule has 0 saturated carbocycles. The van der Waals surface area contributed by atoms with Gasteiger partial charge in [0.25, 0.3) is 10.0 Å². The molecule has 2 N–H and O–H groups in total. The fourth-order valence-corrected chi connectivity index (χ4v) is 6.05. The molecule has 1 aromatic heterocycles. The second-order valence-electron chi connectivity index (χ2n) is 9.39. The third-order valence-corrected chi connectivity index (χ3v) is 8.23. The molecule has 2 heterocycles. The van der Waals surface area contributed by atoms with Gasteiger partial charge >= 0.3 is 5.97 Å². The van der Waals surface area contributed by atoms with E-state index < -0.39 is 16.0 Å². The van der Waals surface area contributed by atoms with Crippen LogP contribution in [0, 0.1) is 19.7 Å². The molecule has 1 aliphatic rings. The fraction of sp³-hybridized carbons (Fsp3) is 0.214. The van der Waals surface area contributed by atoms with Gasteiger partial charge in [-0.05, 0) is 74.0 Å². The summed E-state index contributed by atoms with van der Waals surface area (Å²) in [6.07, 6.45) is 0. The van der Waals surface area contributed by atoms with Gasteiger partial charge in [0.1, 0.15) is 11.6 Å². The lowest BCUT2D eigenvalue weighted by Gasteiger charge is -2.37. The van der Waals surface area contributed by atoms with Crippen molar-refractivity contribution in [3.63, 3.8) is 0 Å². The van der Waals surface area contributed by atoms with Crippen LogP contribution in [-0.2, 0) is 10.0 Å². The normalized spacial score (nSPS) is 14.1. The summed E-state index contributed by atoms with van der Waals surface area (Å²) in [6, 6.07) is 17.7. The Hall–Kier alpha value is -4.18. The number of aromatic carboxylic acids is 1. The van der Waals surface area contributed by atoms with E-state index in [4.69, 9.17) is 0 Å². The lowest BCUT2D eigenvalue weighted by atomic mass is 10.1. The molecule has 0 atom stereocenters. The molecule has 0 spiro atoms. The predicted molar refractivity (Wildman–Crippen MR) is 146 cm³/mol. The molecule has 10 heteroatoms. The largest absolute Gasteiger partial charge is 0.478 e. The van der Waals surface area contributed by atoms with Crippen molar-refractivity contribution < 1.29 is 22.7 Å². The van der Waals surface area contributed by atoms with Crippen LogP contribution in [-0.4, -0.2) is 50.7 Å². The van der Waals surface area contributed by atoms with Crippen molar-refractivity contribution in [2.45, 2.75) is 18.7 Å². The van der Waals surface area contributed by atoms with E-state index in [0.717, 1.165) is 11.3 Å². The maximum absolute atomic E-state index is 13.3. The molecular formula is C28H27FN4O4S. The fourth-order valence-electron chi connectivity index (χ4n) is 4.77. The van der Waals surface area contributed by atoms with Crippen molar-refractivity contribution in [3.8, 4) is 0 Å². The average Bonchev–Trinajstić information content (AvgIpc) is 2.88. The Morgan fingerprint density at radius 2 is 1.61 bits per heavy atom. The molecule has 1 saturated heterocycles. The van der Waals surface area contributed by atoms with Crippen LogP contribution in [0.3, 0.4) is 0 Å². The summed E-state index contributed by atoms with van der Waals surface area (Å²) < 4.78 is 41.9. The Kier molecular flexibility index (Phi) is 6.66. The summed E-state index contributed by atoms with van der Waals surface area (Å²) in [5.74, 6) is -0.870. The number of hydrogen-bond acceptors (Lipinski definition) is 6. The van der Waals surface area contributed by atoms with Gasteiger partial charge in [-0.25, -0.2) is 22.6 Å². The van der Waals surface area contributed by atoms with Crippen molar-refractivity contribution in [1.82, 2.24) is 4.98 Å². The molecule has 0 bridgehead atoms. The topological polar surface area (TPSA) is 103 Å². The highest BCUT2D eigenvalue weighted by Crippen LogP contribution is 2.29. The SMILES string of the molecule is Cc1ccc(S(=O)(=O)Nc2ccc3nc(N4CCN(c5ccc(F)cc5)CC4)cc(C(=O)O)c3c2)c(C)c1. The number of aryl methyl sites for hydroxylation is 2. The summed E-state index contributed by atoms with van der Waals surface area (Å²) in [6.45, 7) is 6.20. The Bertz CT molecular complexity index is 1630. The number of benzene rings is 3. The highest BCUT2D eigenvalue weighted by Gasteiger charge is 2.22. The van der Waals surface area contributed by atoms with Gasteiger partial charge in [-0.2, -0.15) is 0 Å². The number of pyridine rings is 1. The van der Waals surface area contributed by atoms with Gasteiger partial charge < -0.3 is 14.9 Å². The molecule has 1 aliphatic heterocycles. The molecule has 0 aliphatic carbocycles. The monoisotopic (exact) mass is 534 g/mol. The minimum atomic E-state index is -3.87. The maximum Gasteiger partial charge on any atom is 0.336 e. The maximum atomic E-state index is 13.3. The number of anilines is 3. The van der Waals surface area contributed by atoms with Crippen molar-refractivity contribution in [2.24, 2.45) is 0 Å². The Morgan fingerprint density at radius 1 is 0.921 bits per heavy atom. The molecule has 3 aromatic carbocycles. The highest BCUT2D eigenvalue weighted by atomic mass is 32.2. The summed E-state index contributed by atoms with van der Waals surface area (Å²) in [5.41, 5.74) is 3.25. The van der Waals surface area contributed by atoms with E-state index in [2.05, 4.69) is 14.6 Å². The van der Waals surface area contributed by atoms with E-state index in [1.165, 1.54) is 24.3 Å². The zero-order valence-corrected chi connectivity index (χ0v) is 21.8. The van der Waals surface area contributed by atoms with Gasteiger partial charge in [-0.15, -0.1) is 0 Å². The number of nitrogens with zero attached hydrogens (tertiary/aromatic N) is 3. The van der Waals surface area contributed by atoms with Gasteiger partial charge in [-0.1, -0.05) is 17.7 Å². The lowest BCUT2D eigenvalue weighted by Crippen LogP contribution is -2.46. The van der Waals surface area contributed by atoms with Crippen LogP contribution in [0.4, 0.5) is 21.6 Å². The molecule has 4 aromatic rings. The van der Waals surface area contributed by atoms with Gasteiger partial charge in [0.15, 0.2) is 0 Å². The molecule has 8 nitrogen and oxygen atoms in total. The third kappa shape index (κ3) is 5.12. The van der Waals surface area contributed by atoms with Crippen LogP contribution in [0.2, 0.25) is 0 Å². The quantitative estimate of drug-likeness (QED) is 0.366. The van der Waals surface area contributed by atoms with Crippen LogP contribution in [0.1, 0.15) is 21.5 Å². The van der Waals surface area contributed by atoms with E-state index in [1.807, 2.05) is 11.8 Å². The molecule has 1 fully saturated rings. The predicted octanol–water partition coefficient (Wildman–Crippen LogP) is 4.82. The number of hydrogen-bond donors (Lipinski definition) is 2. The van der Waals surface area contributed by atoms with Crippen LogP contribution in [0.5, 0.6) is 0 Å². The number of sulfonamides is 1. The second kappa shape index (κ2) is 9.94. The van der Waals surface area contributed by atoms with Crippen LogP contribution in [0.25, 0.3) is 10.9 Å². The Balaban J connectivity index is 1.40. The smallest absolute Gasteiger partial charge is 0.336 e. The first-order valence-corrected chi connectivity index (χ1v) is 13.6. The third-order valence-electron chi connectivity index (χ3n) is 6.69. The van der Waals surface area contributed by atoms with E-state index in [-0.39, 0.29) is 22.0 Å². The highest BCUT2D eigenvalue weighted by molar-refractivity contribution is 7.92. The number of aromatic nitrogens is 1. The number of carbonyl (C=O) groups is 1. The second-order valence-corrected chi connectivity index (χ2v) is 11.0. The molecule has 0 amide bonds. The summed E-state index contributed by atoms with van der Waals surface area (Å²) in [5, 5.41) is 10.3. The van der Waals surface area contributed by atoms with E-state index in [9.17, 15) is 22.7 Å². The Morgan fingerprint density at radius 3 is 2.26 bits per heavy atom. The summed E-state index contributed by atoms with van der Waals surface area (Å²) in [4.78, 5) is 21.2. The molecule has 196 valence electrons. The van der Waals surface area contributed by atoms with Crippen LogP contribution >= 0.6 is 0 Å². The van der Waals surface area contributed by atoms with E-state index >= 15 is 0 Å². The lowest BCUT2D eigenvalue weighted by molar-refractivity contribution is 0.0699. The number of fused-ring (bicyclic) bond motifs is 1. The van der Waals surface area contributed by atoms with Gasteiger partial charge in [-0.3, -0.25) is 4.72 Å². The van der Waals surface area contributed by atoms with Crippen molar-refractivity contribution in [1.29, 1.82) is 0 Å². The molecule has 38 heavy (non-hydrogen) atoms. The van der Waals surface area contributed by atoms with E-state index in [1.54, 1.807) is 49.4 Å². The van der Waals surface area contributed by atoms with Crippen molar-refractivity contribution in [2.75, 3.05) is 40.7 Å². The number of halogens is 1. The van der Waals surface area contributed by atoms with Gasteiger partial charge in [0, 0.05) is 42.9 Å². The van der Waals surface area contributed by atoms with Crippen LogP contribution in [0.15, 0.2) is 71.6 Å². The minimum absolute atomic E-state index is 0.0403. The standard InChI is InChI=1S/C28H27FN4O4S/c1-18-3-10-26(19(2)15-18)38(36,37)31-21-6-9-25-23(16-21)24(28(34)35)17-27(30-25)33-13-11-32(12-14-33)22-7-4-20(29)5-8-22/h3-10,15-17,31H,11-14H2,1-2H3,(H,34,35). The number of carboxylic acids is 1. The van der Waals surface area contributed by atoms with Crippen molar-refractivity contribution in [3.05, 3.63) is 89.2 Å². The molecular weight excluding hydrogens is 507 g/mol. The molecule has 5 rings (SSSR count). The van der Waals surface area contributed by atoms with Crippen LogP contribution < -0.4 is 14.5 Å². The first-order chi connectivity index (χ1) is 18.1. The number of carboxylic acid groups (broad SMARTS) is 1. The van der Waals surface area contributed by atoms with Gasteiger partial charge in [0.2, 0.25) is 0 Å². The first-order valence-electron chi connectivity index (χ1n) is 12.1. The number of rotatable bonds is 6. The molecule has 0 radical (unpaired) electrons. The Labute approximate surface area is 220 Å². The number of nitrogens with one attached hydrogen (secondary N) is 1. The molecule has 0 unspecified atom stereocenters. The summed E-state index contributed by atoms with van der Waals surface area (Å²) >= 11 is 0.